The number of esters is 4. The Balaban J connectivity index is 5.39. The average Bonchev–Trinajstić information content (AvgIpc) is 0.906. The normalized spacial score (nSPS) is 14.4. The fraction of sp³-hybridized carbons (Fsp3) is 0.741. The molecule has 104 heavy (non-hydrogen) atoms. The highest BCUT2D eigenvalue weighted by molar-refractivity contribution is 7.47. The lowest BCUT2D eigenvalue weighted by Gasteiger charge is -2.21. The van der Waals surface area contributed by atoms with E-state index in [2.05, 4.69) is 137 Å². The molecule has 0 aliphatic heterocycles. The van der Waals surface area contributed by atoms with E-state index in [9.17, 15) is 43.2 Å². The van der Waals surface area contributed by atoms with E-state index in [4.69, 9.17) is 37.0 Å². The van der Waals surface area contributed by atoms with Crippen LogP contribution < -0.4 is 0 Å². The lowest BCUT2D eigenvalue weighted by atomic mass is 10.0. The molecule has 0 aliphatic rings. The van der Waals surface area contributed by atoms with E-state index < -0.39 is 97.5 Å². The lowest BCUT2D eigenvalue weighted by Crippen LogP contribution is -2.30. The maximum atomic E-state index is 13.1. The zero-order chi connectivity index (χ0) is 76.0. The van der Waals surface area contributed by atoms with Crippen molar-refractivity contribution >= 4 is 39.5 Å². The predicted molar refractivity (Wildman–Crippen MR) is 427 cm³/mol. The molecule has 0 aliphatic carbocycles. The third-order valence-corrected chi connectivity index (χ3v) is 19.1. The first-order valence-corrected chi connectivity index (χ1v) is 44.1. The van der Waals surface area contributed by atoms with E-state index in [0.29, 0.717) is 25.7 Å². The molecule has 5 unspecified atom stereocenters. The van der Waals surface area contributed by atoms with Gasteiger partial charge in [0.25, 0.3) is 0 Å². The standard InChI is InChI=1S/C85H148O17P2/c1-5-9-13-17-21-25-29-33-35-37-39-41-43-47-50-54-58-62-66-70-83(88)96-76-81(102-85(90)72-68-64-60-56-52-48-44-42-40-38-36-34-30-26-22-18-14-10-6-2)78-100-104(93,94)98-74-79(86)73-97-103(91,92)99-77-80(101-84(89)71-67-63-59-55-51-46-32-28-24-20-16-12-8-4)75-95-82(87)69-65-61-57-53-49-45-31-27-23-19-15-11-7-3/h9,13,21-22,25-27,31,33-36,39-42,47,50,79-81,86H,5-8,10-12,14-20,23-24,28-30,32,37-38,43-46,48-49,51-78H2,1-4H3,(H,91,92)(H,93,94)/b13-9-,25-21-,26-22-,31-27-,35-33-,36-34-,41-39-,42-40-,50-47-. The Kier molecular flexibility index (Phi) is 73.7. The highest BCUT2D eigenvalue weighted by Gasteiger charge is 2.30. The first-order valence-electron chi connectivity index (χ1n) is 41.1. The first-order chi connectivity index (χ1) is 50.7. The topological polar surface area (TPSA) is 237 Å². The second-order valence-electron chi connectivity index (χ2n) is 27.3. The van der Waals surface area contributed by atoms with Gasteiger partial charge in [-0.05, 0) is 135 Å². The van der Waals surface area contributed by atoms with Gasteiger partial charge < -0.3 is 33.8 Å². The number of hydrogen-bond donors (Lipinski definition) is 3. The van der Waals surface area contributed by atoms with E-state index in [1.54, 1.807) is 0 Å². The summed E-state index contributed by atoms with van der Waals surface area (Å²) in [6, 6.07) is 0. The number of allylic oxidation sites excluding steroid dienone is 18. The van der Waals surface area contributed by atoms with Gasteiger partial charge in [-0.2, -0.15) is 0 Å². The summed E-state index contributed by atoms with van der Waals surface area (Å²) in [5.74, 6) is -2.22. The molecule has 5 atom stereocenters. The van der Waals surface area contributed by atoms with Crippen LogP contribution in [0.1, 0.15) is 349 Å². The van der Waals surface area contributed by atoms with Crippen molar-refractivity contribution in [3.8, 4) is 0 Å². The summed E-state index contributed by atoms with van der Waals surface area (Å²) in [6.07, 6.45) is 83.4. The van der Waals surface area contributed by atoms with Gasteiger partial charge in [0.2, 0.25) is 0 Å². The highest BCUT2D eigenvalue weighted by Crippen LogP contribution is 2.45. The largest absolute Gasteiger partial charge is 0.472 e. The van der Waals surface area contributed by atoms with Crippen LogP contribution in [-0.4, -0.2) is 96.7 Å². The molecule has 0 saturated carbocycles. The number of phosphoric ester groups is 2. The molecule has 0 spiro atoms. The summed E-state index contributed by atoms with van der Waals surface area (Å²) < 4.78 is 68.6. The van der Waals surface area contributed by atoms with Gasteiger partial charge in [0.1, 0.15) is 19.3 Å². The van der Waals surface area contributed by atoms with E-state index in [1.165, 1.54) is 96.3 Å². The molecule has 600 valence electrons. The number of phosphoric acid groups is 2. The van der Waals surface area contributed by atoms with Crippen LogP contribution in [0.5, 0.6) is 0 Å². The minimum Gasteiger partial charge on any atom is -0.462 e. The highest BCUT2D eigenvalue weighted by atomic mass is 31.2. The van der Waals surface area contributed by atoms with Crippen molar-refractivity contribution in [2.45, 2.75) is 367 Å². The second-order valence-corrected chi connectivity index (χ2v) is 30.2. The predicted octanol–water partition coefficient (Wildman–Crippen LogP) is 24.1. The zero-order valence-electron chi connectivity index (χ0n) is 65.7. The maximum absolute atomic E-state index is 13.1. The molecule has 0 saturated heterocycles. The van der Waals surface area contributed by atoms with Gasteiger partial charge in [0, 0.05) is 25.7 Å². The number of carbonyl (C=O) groups is 4. The van der Waals surface area contributed by atoms with Gasteiger partial charge in [0.15, 0.2) is 12.2 Å². The monoisotopic (exact) mass is 1500 g/mol. The molecule has 0 bridgehead atoms. The van der Waals surface area contributed by atoms with Crippen molar-refractivity contribution in [2.24, 2.45) is 0 Å². The number of aliphatic hydroxyl groups is 1. The number of carbonyl (C=O) groups excluding carboxylic acids is 4. The van der Waals surface area contributed by atoms with Gasteiger partial charge in [-0.25, -0.2) is 9.13 Å². The maximum Gasteiger partial charge on any atom is 0.472 e. The fourth-order valence-corrected chi connectivity index (χ4v) is 12.5. The molecule has 0 rings (SSSR count). The minimum absolute atomic E-state index is 0.0716. The van der Waals surface area contributed by atoms with Crippen LogP contribution in [0, 0.1) is 0 Å². The Hall–Kier alpha value is -4.28. The molecule has 19 heteroatoms. The fourth-order valence-electron chi connectivity index (χ4n) is 11.0. The summed E-state index contributed by atoms with van der Waals surface area (Å²) in [5.41, 5.74) is 0. The molecule has 0 fully saturated rings. The number of aliphatic hydroxyl groups excluding tert-OH is 1. The van der Waals surface area contributed by atoms with Gasteiger partial charge in [-0.1, -0.05) is 298 Å². The summed E-state index contributed by atoms with van der Waals surface area (Å²) in [7, 11) is -9.97. The summed E-state index contributed by atoms with van der Waals surface area (Å²) in [5, 5.41) is 10.6. The van der Waals surface area contributed by atoms with Gasteiger partial charge in [-0.3, -0.25) is 37.3 Å². The van der Waals surface area contributed by atoms with Crippen molar-refractivity contribution in [3.63, 3.8) is 0 Å². The molecule has 0 aromatic rings. The van der Waals surface area contributed by atoms with Crippen LogP contribution in [0.4, 0.5) is 0 Å². The molecular weight excluding hydrogens is 1350 g/mol. The molecule has 0 aromatic carbocycles. The summed E-state index contributed by atoms with van der Waals surface area (Å²) in [6.45, 7) is 4.70. The quantitative estimate of drug-likeness (QED) is 0.0169. The second kappa shape index (κ2) is 76.9. The number of hydrogen-bond acceptors (Lipinski definition) is 15. The van der Waals surface area contributed by atoms with Crippen LogP contribution in [-0.2, 0) is 65.4 Å². The molecule has 17 nitrogen and oxygen atoms in total. The van der Waals surface area contributed by atoms with Gasteiger partial charge >= 0.3 is 39.5 Å². The Morgan fingerprint density at radius 3 is 0.817 bits per heavy atom. The Morgan fingerprint density at radius 1 is 0.279 bits per heavy atom. The number of ether oxygens (including phenoxy) is 4. The zero-order valence-corrected chi connectivity index (χ0v) is 67.5. The van der Waals surface area contributed by atoms with Crippen molar-refractivity contribution < 1.29 is 80.2 Å². The van der Waals surface area contributed by atoms with Crippen molar-refractivity contribution in [3.05, 3.63) is 109 Å². The number of rotatable bonds is 77. The molecule has 0 radical (unpaired) electrons. The average molecular weight is 1500 g/mol. The van der Waals surface area contributed by atoms with Crippen LogP contribution in [0.2, 0.25) is 0 Å². The third-order valence-electron chi connectivity index (χ3n) is 17.2. The molecule has 0 aromatic heterocycles. The first kappa shape index (κ1) is 99.7. The summed E-state index contributed by atoms with van der Waals surface area (Å²) >= 11 is 0. The van der Waals surface area contributed by atoms with Gasteiger partial charge in [-0.15, -0.1) is 0 Å². The minimum atomic E-state index is -4.99. The Labute approximate surface area is 632 Å². The van der Waals surface area contributed by atoms with Crippen LogP contribution in [0.3, 0.4) is 0 Å². The van der Waals surface area contributed by atoms with Crippen molar-refractivity contribution in [2.75, 3.05) is 39.6 Å². The Morgan fingerprint density at radius 2 is 0.500 bits per heavy atom. The van der Waals surface area contributed by atoms with Gasteiger partial charge in [0.05, 0.1) is 26.4 Å². The molecule has 0 amide bonds. The number of unbranched alkanes of at least 4 members (excludes halogenated alkanes) is 33. The van der Waals surface area contributed by atoms with Crippen LogP contribution >= 0.6 is 15.6 Å². The van der Waals surface area contributed by atoms with Crippen LogP contribution in [0.25, 0.3) is 0 Å². The summed E-state index contributed by atoms with van der Waals surface area (Å²) in [4.78, 5) is 73.1. The van der Waals surface area contributed by atoms with E-state index in [0.717, 1.165) is 173 Å². The van der Waals surface area contributed by atoms with Crippen molar-refractivity contribution in [1.29, 1.82) is 0 Å². The molecule has 0 heterocycles. The molecule has 3 N–H and O–H groups in total. The van der Waals surface area contributed by atoms with E-state index >= 15 is 0 Å². The van der Waals surface area contributed by atoms with E-state index in [-0.39, 0.29) is 25.7 Å². The SMILES string of the molecule is CC/C=C\C/C=C\C/C=C\C/C=C\C/C=C\CCCCCC(=O)OCC(COP(=O)(O)OCC(O)COP(=O)(O)OCC(COC(=O)CCCCCCC/C=C\CCCCCC)OC(=O)CCCCCCCCCCCCCCC)OC(=O)CCCCCCCC/C=C\C/C=C\C/C=C\CCCCC. The van der Waals surface area contributed by atoms with Crippen LogP contribution in [0.15, 0.2) is 109 Å². The molecular formula is C85H148O17P2. The van der Waals surface area contributed by atoms with E-state index in [1.807, 2.05) is 0 Å². The van der Waals surface area contributed by atoms with Crippen molar-refractivity contribution in [1.82, 2.24) is 0 Å². The third kappa shape index (κ3) is 75.9. The smallest absolute Gasteiger partial charge is 0.462 e. The Bertz CT molecular complexity index is 2390. The lowest BCUT2D eigenvalue weighted by molar-refractivity contribution is -0.161.